The molecule has 4 heteroatoms. The molecule has 0 unspecified atom stereocenters. The van der Waals surface area contributed by atoms with Gasteiger partial charge in [-0.15, -0.1) is 6.58 Å². The van der Waals surface area contributed by atoms with E-state index in [1.165, 1.54) is 0 Å². The molecule has 1 heterocycles. The van der Waals surface area contributed by atoms with Gasteiger partial charge in [0, 0.05) is 11.0 Å². The number of nitrogens with zero attached hydrogens (tertiary/aromatic N) is 1. The lowest BCUT2D eigenvalue weighted by atomic mass is 9.90. The maximum Gasteiger partial charge on any atom is 0.267 e. The Morgan fingerprint density at radius 1 is 1.14 bits per heavy atom. The number of carbonyl (C=O) groups is 1. The summed E-state index contributed by atoms with van der Waals surface area (Å²) in [6.45, 7) is 4.24. The molecule has 0 aromatic heterocycles. The molecule has 112 valence electrons. The highest BCUT2D eigenvalue weighted by atomic mass is 79.9. The Morgan fingerprint density at radius 2 is 1.82 bits per heavy atom. The molecule has 0 radical (unpaired) electrons. The van der Waals surface area contributed by atoms with Crippen molar-refractivity contribution in [2.75, 3.05) is 6.54 Å². The molecule has 0 spiro atoms. The topological polar surface area (TPSA) is 29.5 Å². The number of ether oxygens (including phenoxy) is 1. The molecular weight excluding hydrogens is 342 g/mol. The van der Waals surface area contributed by atoms with Gasteiger partial charge in [-0.2, -0.15) is 0 Å². The van der Waals surface area contributed by atoms with Crippen molar-refractivity contribution in [1.29, 1.82) is 0 Å². The second kappa shape index (κ2) is 6.36. The van der Waals surface area contributed by atoms with Gasteiger partial charge in [0.05, 0.1) is 0 Å². The van der Waals surface area contributed by atoms with Gasteiger partial charge in [-0.05, 0) is 23.8 Å². The molecular formula is C18H16BrNO2. The zero-order valence-electron chi connectivity index (χ0n) is 12.0. The van der Waals surface area contributed by atoms with Crippen LogP contribution in [0.4, 0.5) is 0 Å². The minimum absolute atomic E-state index is 0.00972. The Labute approximate surface area is 138 Å². The molecule has 22 heavy (non-hydrogen) atoms. The molecule has 0 saturated carbocycles. The molecule has 3 rings (SSSR count). The van der Waals surface area contributed by atoms with Gasteiger partial charge in [0.2, 0.25) is 6.10 Å². The van der Waals surface area contributed by atoms with Crippen molar-refractivity contribution in [1.82, 2.24) is 4.90 Å². The summed E-state index contributed by atoms with van der Waals surface area (Å²) in [5.74, 6) is 0.695. The van der Waals surface area contributed by atoms with Crippen LogP contribution in [0.3, 0.4) is 0 Å². The SMILES string of the molecule is C=CCN1C(=O)[C@@H](Oc2ccccc2)[C@H]1c1ccccc1Br. The van der Waals surface area contributed by atoms with E-state index in [0.29, 0.717) is 12.3 Å². The number of para-hydroxylation sites is 1. The summed E-state index contributed by atoms with van der Waals surface area (Å²) in [6, 6.07) is 17.2. The Kier molecular flexibility index (Phi) is 4.29. The van der Waals surface area contributed by atoms with Gasteiger partial charge >= 0.3 is 0 Å². The van der Waals surface area contributed by atoms with E-state index in [2.05, 4.69) is 22.5 Å². The van der Waals surface area contributed by atoms with Crippen molar-refractivity contribution in [2.24, 2.45) is 0 Å². The number of likely N-dealkylation sites (tertiary alicyclic amines) is 1. The summed E-state index contributed by atoms with van der Waals surface area (Å²) in [5, 5.41) is 0. The Morgan fingerprint density at radius 3 is 2.50 bits per heavy atom. The van der Waals surface area contributed by atoms with E-state index in [4.69, 9.17) is 4.74 Å². The van der Waals surface area contributed by atoms with Crippen LogP contribution in [0.1, 0.15) is 11.6 Å². The third-order valence-electron chi connectivity index (χ3n) is 3.70. The van der Waals surface area contributed by atoms with Crippen LogP contribution in [-0.4, -0.2) is 23.5 Å². The maximum atomic E-state index is 12.4. The normalized spacial score (nSPS) is 20.4. The summed E-state index contributed by atoms with van der Waals surface area (Å²) in [7, 11) is 0. The number of hydrogen-bond donors (Lipinski definition) is 0. The third-order valence-corrected chi connectivity index (χ3v) is 4.43. The van der Waals surface area contributed by atoms with Gasteiger partial charge in [-0.25, -0.2) is 0 Å². The molecule has 1 aliphatic rings. The molecule has 0 aliphatic carbocycles. The van der Waals surface area contributed by atoms with Crippen LogP contribution in [0.2, 0.25) is 0 Å². The van der Waals surface area contributed by atoms with Gasteiger partial charge in [-0.3, -0.25) is 4.79 Å². The average molecular weight is 358 g/mol. The van der Waals surface area contributed by atoms with E-state index in [1.807, 2.05) is 54.6 Å². The minimum Gasteiger partial charge on any atom is -0.478 e. The second-order valence-electron chi connectivity index (χ2n) is 5.10. The van der Waals surface area contributed by atoms with Crippen molar-refractivity contribution >= 4 is 21.8 Å². The van der Waals surface area contributed by atoms with Gasteiger partial charge in [0.25, 0.3) is 5.91 Å². The lowest BCUT2D eigenvalue weighted by Gasteiger charge is -2.46. The summed E-state index contributed by atoms with van der Waals surface area (Å²) in [5.41, 5.74) is 1.05. The van der Waals surface area contributed by atoms with Crippen molar-refractivity contribution in [3.63, 3.8) is 0 Å². The fraction of sp³-hybridized carbons (Fsp3) is 0.167. The highest BCUT2D eigenvalue weighted by molar-refractivity contribution is 9.10. The standard InChI is InChI=1S/C18H16BrNO2/c1-2-12-20-16(14-10-6-7-11-15(14)19)17(18(20)21)22-13-8-4-3-5-9-13/h2-11,16-17H,1,12H2/t16-,17+/m1/s1. The van der Waals surface area contributed by atoms with Crippen LogP contribution >= 0.6 is 15.9 Å². The van der Waals surface area contributed by atoms with Crippen LogP contribution in [0, 0.1) is 0 Å². The minimum atomic E-state index is -0.499. The first-order chi connectivity index (χ1) is 10.7. The smallest absolute Gasteiger partial charge is 0.267 e. The van der Waals surface area contributed by atoms with Crippen molar-refractivity contribution < 1.29 is 9.53 Å². The first-order valence-electron chi connectivity index (χ1n) is 7.10. The molecule has 1 fully saturated rings. The highest BCUT2D eigenvalue weighted by Crippen LogP contribution is 2.40. The van der Waals surface area contributed by atoms with Crippen LogP contribution in [0.25, 0.3) is 0 Å². The maximum absolute atomic E-state index is 12.4. The lowest BCUT2D eigenvalue weighted by Crippen LogP contribution is -2.61. The summed E-state index contributed by atoms with van der Waals surface area (Å²) >= 11 is 3.56. The highest BCUT2D eigenvalue weighted by Gasteiger charge is 2.50. The molecule has 1 amide bonds. The van der Waals surface area contributed by atoms with Gasteiger partial charge in [-0.1, -0.05) is 58.4 Å². The molecule has 1 saturated heterocycles. The molecule has 2 aromatic carbocycles. The van der Waals surface area contributed by atoms with Crippen LogP contribution in [0.5, 0.6) is 5.75 Å². The number of hydrogen-bond acceptors (Lipinski definition) is 2. The molecule has 0 N–H and O–H groups in total. The zero-order valence-corrected chi connectivity index (χ0v) is 13.6. The predicted octanol–water partition coefficient (Wildman–Crippen LogP) is 3.97. The van der Waals surface area contributed by atoms with Crippen LogP contribution < -0.4 is 4.74 Å². The first kappa shape index (κ1) is 14.9. The van der Waals surface area contributed by atoms with Gasteiger partial charge in [0.1, 0.15) is 11.8 Å². The summed E-state index contributed by atoms with van der Waals surface area (Å²) in [6.07, 6.45) is 1.24. The number of amides is 1. The number of carbonyl (C=O) groups excluding carboxylic acids is 1. The van der Waals surface area contributed by atoms with Crippen LogP contribution in [0.15, 0.2) is 71.7 Å². The van der Waals surface area contributed by atoms with E-state index in [0.717, 1.165) is 10.0 Å². The van der Waals surface area contributed by atoms with Crippen molar-refractivity contribution in [2.45, 2.75) is 12.1 Å². The van der Waals surface area contributed by atoms with E-state index in [9.17, 15) is 4.79 Å². The quantitative estimate of drug-likeness (QED) is 0.598. The van der Waals surface area contributed by atoms with E-state index in [1.54, 1.807) is 11.0 Å². The van der Waals surface area contributed by atoms with E-state index < -0.39 is 6.10 Å². The predicted molar refractivity (Wildman–Crippen MR) is 89.7 cm³/mol. The summed E-state index contributed by atoms with van der Waals surface area (Å²) < 4.78 is 6.89. The summed E-state index contributed by atoms with van der Waals surface area (Å²) in [4.78, 5) is 14.2. The second-order valence-corrected chi connectivity index (χ2v) is 5.95. The first-order valence-corrected chi connectivity index (χ1v) is 7.89. The largest absolute Gasteiger partial charge is 0.478 e. The number of halogens is 1. The van der Waals surface area contributed by atoms with Gasteiger partial charge in [0.15, 0.2) is 0 Å². The molecule has 1 aliphatic heterocycles. The zero-order chi connectivity index (χ0) is 15.5. The number of benzene rings is 2. The van der Waals surface area contributed by atoms with Gasteiger partial charge < -0.3 is 9.64 Å². The third kappa shape index (κ3) is 2.66. The molecule has 2 aromatic rings. The molecule has 3 nitrogen and oxygen atoms in total. The van der Waals surface area contributed by atoms with Crippen molar-refractivity contribution in [3.8, 4) is 5.75 Å². The lowest BCUT2D eigenvalue weighted by molar-refractivity contribution is -0.162. The Hall–Kier alpha value is -2.07. The average Bonchev–Trinajstić information content (AvgIpc) is 2.55. The Bertz CT molecular complexity index is 686. The van der Waals surface area contributed by atoms with Crippen LogP contribution in [-0.2, 0) is 4.79 Å². The Balaban J connectivity index is 1.90. The number of rotatable bonds is 5. The molecule has 0 bridgehead atoms. The van der Waals surface area contributed by atoms with E-state index in [-0.39, 0.29) is 11.9 Å². The van der Waals surface area contributed by atoms with Crippen molar-refractivity contribution in [3.05, 3.63) is 77.3 Å². The monoisotopic (exact) mass is 357 g/mol. The number of β-lactam (4-membered cyclic amide) rings is 1. The fourth-order valence-corrected chi connectivity index (χ4v) is 3.19. The fourth-order valence-electron chi connectivity index (χ4n) is 2.67. The van der Waals surface area contributed by atoms with E-state index >= 15 is 0 Å². The molecule has 2 atom stereocenters.